The van der Waals surface area contributed by atoms with E-state index in [0.717, 1.165) is 35.7 Å². The predicted octanol–water partition coefficient (Wildman–Crippen LogP) is 2.71. The van der Waals surface area contributed by atoms with Crippen molar-refractivity contribution in [3.05, 3.63) is 53.1 Å². The van der Waals surface area contributed by atoms with Gasteiger partial charge in [-0.1, -0.05) is 6.92 Å². The van der Waals surface area contributed by atoms with E-state index in [4.69, 9.17) is 10.00 Å². The minimum atomic E-state index is -0.144. The Bertz CT molecular complexity index is 950. The highest BCUT2D eigenvalue weighted by Crippen LogP contribution is 2.26. The topological polar surface area (TPSA) is 78.0 Å². The van der Waals surface area contributed by atoms with Crippen LogP contribution in [0.1, 0.15) is 25.8 Å². The number of fused-ring (bicyclic) bond motifs is 1. The average Bonchev–Trinajstić information content (AvgIpc) is 2.72. The third kappa shape index (κ3) is 3.54. The molecule has 0 aromatic heterocycles. The summed E-state index contributed by atoms with van der Waals surface area (Å²) in [5.41, 5.74) is 3.16. The number of likely N-dealkylation sites (tertiary alicyclic amines) is 1. The maximum Gasteiger partial charge on any atom is 0.272 e. The molecular weight excluding hydrogens is 352 g/mol. The minimum Gasteiger partial charge on any atom is -0.487 e. The predicted molar refractivity (Wildman–Crippen MR) is 108 cm³/mol. The molecule has 6 heteroatoms. The monoisotopic (exact) mass is 374 g/mol. The number of aliphatic imine (C=N–C) groups is 2. The van der Waals surface area contributed by atoms with Crippen LogP contribution in [0.5, 0.6) is 5.75 Å². The molecule has 0 spiro atoms. The minimum absolute atomic E-state index is 0.116. The molecule has 4 rings (SSSR count). The molecule has 1 fully saturated rings. The SMILES string of the molecule is CCC1=CC2N=CC(CN3C[C@H](Oc4ccc(C#N)cc4)[C@H]3C)=CC2=NC1=O. The first-order valence-corrected chi connectivity index (χ1v) is 9.55. The van der Waals surface area contributed by atoms with Crippen molar-refractivity contribution in [2.75, 3.05) is 13.1 Å². The second kappa shape index (κ2) is 7.53. The summed E-state index contributed by atoms with van der Waals surface area (Å²) >= 11 is 0. The van der Waals surface area contributed by atoms with Crippen molar-refractivity contribution in [2.45, 2.75) is 38.5 Å². The Hall–Kier alpha value is -3.04. The van der Waals surface area contributed by atoms with Gasteiger partial charge in [-0.05, 0) is 55.3 Å². The normalized spacial score (nSPS) is 26.4. The molecule has 3 heterocycles. The first-order valence-electron chi connectivity index (χ1n) is 9.55. The largest absolute Gasteiger partial charge is 0.487 e. The number of carbonyl (C=O) groups is 1. The first kappa shape index (κ1) is 18.3. The van der Waals surface area contributed by atoms with Crippen molar-refractivity contribution in [2.24, 2.45) is 9.98 Å². The van der Waals surface area contributed by atoms with Crippen LogP contribution in [0.4, 0.5) is 0 Å². The quantitative estimate of drug-likeness (QED) is 0.794. The van der Waals surface area contributed by atoms with E-state index in [1.165, 1.54) is 0 Å². The van der Waals surface area contributed by atoms with E-state index in [1.54, 1.807) is 12.1 Å². The molecule has 3 aliphatic rings. The number of hydrogen-bond donors (Lipinski definition) is 0. The lowest BCUT2D eigenvalue weighted by molar-refractivity contribution is -0.114. The van der Waals surface area contributed by atoms with Crippen LogP contribution < -0.4 is 4.74 Å². The Morgan fingerprint density at radius 3 is 2.79 bits per heavy atom. The lowest BCUT2D eigenvalue weighted by Crippen LogP contribution is -2.61. The van der Waals surface area contributed by atoms with Gasteiger partial charge in [-0.2, -0.15) is 5.26 Å². The van der Waals surface area contributed by atoms with Crippen molar-refractivity contribution in [3.8, 4) is 11.8 Å². The fourth-order valence-corrected chi connectivity index (χ4v) is 3.61. The summed E-state index contributed by atoms with van der Waals surface area (Å²) in [4.78, 5) is 23.1. The standard InChI is InChI=1S/C22H22N4O2/c1-3-17-9-19-20(25-22(17)27)8-16(11-24-19)12-26-13-21(14(26)2)28-18-6-4-15(10-23)5-7-18/h4-9,11,14,19,21H,3,12-13H2,1-2H3/t14-,19?,21+/m1/s1. The summed E-state index contributed by atoms with van der Waals surface area (Å²) < 4.78 is 6.03. The van der Waals surface area contributed by atoms with Crippen LogP contribution in [0, 0.1) is 11.3 Å². The first-order chi connectivity index (χ1) is 13.6. The Labute approximate surface area is 164 Å². The highest BCUT2D eigenvalue weighted by Gasteiger charge is 2.37. The Morgan fingerprint density at radius 1 is 1.32 bits per heavy atom. The van der Waals surface area contributed by atoms with Gasteiger partial charge >= 0.3 is 0 Å². The van der Waals surface area contributed by atoms with Crippen LogP contribution >= 0.6 is 0 Å². The fraction of sp³-hybridized carbons (Fsp3) is 0.364. The van der Waals surface area contributed by atoms with Crippen LogP contribution in [0.25, 0.3) is 0 Å². The van der Waals surface area contributed by atoms with Gasteiger partial charge in [0.2, 0.25) is 0 Å². The molecule has 1 saturated heterocycles. The van der Waals surface area contributed by atoms with Gasteiger partial charge in [-0.25, -0.2) is 4.99 Å². The summed E-state index contributed by atoms with van der Waals surface area (Å²) in [7, 11) is 0. The number of ether oxygens (including phenoxy) is 1. The number of nitriles is 1. The van der Waals surface area contributed by atoms with E-state index >= 15 is 0 Å². The zero-order valence-corrected chi connectivity index (χ0v) is 16.0. The maximum atomic E-state index is 12.0. The highest BCUT2D eigenvalue weighted by atomic mass is 16.5. The van der Waals surface area contributed by atoms with Crippen molar-refractivity contribution < 1.29 is 9.53 Å². The second-order valence-electron chi connectivity index (χ2n) is 7.29. The van der Waals surface area contributed by atoms with Gasteiger partial charge in [0.1, 0.15) is 17.9 Å². The number of rotatable bonds is 5. The molecule has 1 aromatic rings. The van der Waals surface area contributed by atoms with Gasteiger partial charge in [-0.3, -0.25) is 14.7 Å². The van der Waals surface area contributed by atoms with Gasteiger partial charge < -0.3 is 4.74 Å². The molecule has 28 heavy (non-hydrogen) atoms. The lowest BCUT2D eigenvalue weighted by atomic mass is 9.96. The zero-order chi connectivity index (χ0) is 19.7. The molecule has 3 atom stereocenters. The second-order valence-corrected chi connectivity index (χ2v) is 7.29. The lowest BCUT2D eigenvalue weighted by Gasteiger charge is -2.46. The third-order valence-electron chi connectivity index (χ3n) is 5.47. The van der Waals surface area contributed by atoms with Gasteiger partial charge in [-0.15, -0.1) is 0 Å². The zero-order valence-electron chi connectivity index (χ0n) is 16.0. The van der Waals surface area contributed by atoms with E-state index in [2.05, 4.69) is 27.9 Å². The van der Waals surface area contributed by atoms with Crippen LogP contribution in [-0.2, 0) is 4.79 Å². The number of nitrogens with zero attached hydrogens (tertiary/aromatic N) is 4. The highest BCUT2D eigenvalue weighted by molar-refractivity contribution is 6.16. The molecule has 6 nitrogen and oxygen atoms in total. The average molecular weight is 374 g/mol. The fourth-order valence-electron chi connectivity index (χ4n) is 3.61. The van der Waals surface area contributed by atoms with Crippen molar-refractivity contribution in [1.29, 1.82) is 5.26 Å². The smallest absolute Gasteiger partial charge is 0.272 e. The van der Waals surface area contributed by atoms with Crippen LogP contribution in [-0.4, -0.2) is 54.0 Å². The van der Waals surface area contributed by atoms with E-state index in [9.17, 15) is 4.79 Å². The molecule has 1 aromatic carbocycles. The van der Waals surface area contributed by atoms with E-state index in [0.29, 0.717) is 12.0 Å². The molecule has 0 radical (unpaired) electrons. The van der Waals surface area contributed by atoms with Crippen LogP contribution in [0.3, 0.4) is 0 Å². The summed E-state index contributed by atoms with van der Waals surface area (Å²) in [5, 5.41) is 8.87. The summed E-state index contributed by atoms with van der Waals surface area (Å²) in [6.07, 6.45) is 6.60. The molecule has 3 aliphatic heterocycles. The molecular formula is C22H22N4O2. The number of benzene rings is 1. The number of dihydropyridines is 2. The van der Waals surface area contributed by atoms with Gasteiger partial charge in [0.05, 0.1) is 17.3 Å². The van der Waals surface area contributed by atoms with Crippen LogP contribution in [0.15, 0.2) is 57.5 Å². The maximum absolute atomic E-state index is 12.0. The van der Waals surface area contributed by atoms with Crippen molar-refractivity contribution >= 4 is 17.8 Å². The summed E-state index contributed by atoms with van der Waals surface area (Å²) in [6.45, 7) is 5.67. The van der Waals surface area contributed by atoms with Gasteiger partial charge in [0.15, 0.2) is 0 Å². The van der Waals surface area contributed by atoms with Gasteiger partial charge in [0, 0.05) is 30.9 Å². The van der Waals surface area contributed by atoms with Crippen molar-refractivity contribution in [1.82, 2.24) is 4.90 Å². The summed E-state index contributed by atoms with van der Waals surface area (Å²) in [6, 6.07) is 9.45. The summed E-state index contributed by atoms with van der Waals surface area (Å²) in [5.74, 6) is 0.639. The molecule has 0 N–H and O–H groups in total. The van der Waals surface area contributed by atoms with E-state index in [1.807, 2.05) is 37.4 Å². The van der Waals surface area contributed by atoms with E-state index < -0.39 is 0 Å². The van der Waals surface area contributed by atoms with Crippen LogP contribution in [0.2, 0.25) is 0 Å². The molecule has 0 saturated carbocycles. The van der Waals surface area contributed by atoms with Crippen molar-refractivity contribution in [3.63, 3.8) is 0 Å². The molecule has 1 unspecified atom stereocenters. The molecule has 142 valence electrons. The Morgan fingerprint density at radius 2 is 2.11 bits per heavy atom. The third-order valence-corrected chi connectivity index (χ3v) is 5.47. The molecule has 0 bridgehead atoms. The number of amides is 1. The van der Waals surface area contributed by atoms with Gasteiger partial charge in [0.25, 0.3) is 5.91 Å². The Kier molecular flexibility index (Phi) is 4.93. The number of carbonyl (C=O) groups excluding carboxylic acids is 1. The molecule has 0 aliphatic carbocycles. The molecule has 1 amide bonds. The van der Waals surface area contributed by atoms with E-state index in [-0.39, 0.29) is 24.1 Å². The number of hydrogen-bond acceptors (Lipinski definition) is 5. The Balaban J connectivity index is 1.34.